The Labute approximate surface area is 140 Å². The van der Waals surface area contributed by atoms with Crippen molar-refractivity contribution in [1.82, 2.24) is 9.80 Å². The SMILES string of the molecule is CCC(=O)N1CCC2(CC1)SCCN2C(=O)c1ccccc1F. The molecule has 2 fully saturated rings. The van der Waals surface area contributed by atoms with Crippen LogP contribution >= 0.6 is 11.8 Å². The Kier molecular flexibility index (Phi) is 4.62. The van der Waals surface area contributed by atoms with Gasteiger partial charge in [-0.2, -0.15) is 0 Å². The van der Waals surface area contributed by atoms with E-state index >= 15 is 0 Å². The number of thioether (sulfide) groups is 1. The van der Waals surface area contributed by atoms with Crippen LogP contribution in [0.2, 0.25) is 0 Å². The van der Waals surface area contributed by atoms with Crippen LogP contribution in [0.4, 0.5) is 4.39 Å². The van der Waals surface area contributed by atoms with Crippen molar-refractivity contribution >= 4 is 23.6 Å². The van der Waals surface area contributed by atoms with Gasteiger partial charge in [-0.05, 0) is 25.0 Å². The molecule has 0 aliphatic carbocycles. The van der Waals surface area contributed by atoms with Crippen LogP contribution < -0.4 is 0 Å². The summed E-state index contributed by atoms with van der Waals surface area (Å²) in [5.74, 6) is 0.323. The third-order valence-electron chi connectivity index (χ3n) is 4.73. The van der Waals surface area contributed by atoms with Crippen molar-refractivity contribution in [2.24, 2.45) is 0 Å². The molecule has 1 spiro atoms. The van der Waals surface area contributed by atoms with Crippen LogP contribution in [0, 0.1) is 5.82 Å². The van der Waals surface area contributed by atoms with Crippen molar-refractivity contribution < 1.29 is 14.0 Å². The first-order chi connectivity index (χ1) is 11.1. The number of amides is 2. The molecule has 2 heterocycles. The van der Waals surface area contributed by atoms with E-state index in [0.29, 0.717) is 26.1 Å². The zero-order chi connectivity index (χ0) is 16.4. The highest BCUT2D eigenvalue weighted by Crippen LogP contribution is 2.44. The van der Waals surface area contributed by atoms with E-state index in [1.807, 2.05) is 16.7 Å². The molecule has 6 heteroatoms. The Balaban J connectivity index is 1.77. The van der Waals surface area contributed by atoms with Gasteiger partial charge in [0.25, 0.3) is 5.91 Å². The summed E-state index contributed by atoms with van der Waals surface area (Å²) in [5, 5.41) is 0. The van der Waals surface area contributed by atoms with Gasteiger partial charge in [0.1, 0.15) is 5.82 Å². The van der Waals surface area contributed by atoms with Crippen LogP contribution in [-0.2, 0) is 4.79 Å². The van der Waals surface area contributed by atoms with Gasteiger partial charge < -0.3 is 9.80 Å². The standard InChI is InChI=1S/C17H21FN2O2S/c1-2-15(21)19-9-7-17(8-10-19)20(11-12-23-17)16(22)13-5-3-4-6-14(13)18/h3-6H,2,7-12H2,1H3. The average Bonchev–Trinajstić information content (AvgIpc) is 2.98. The molecule has 0 saturated carbocycles. The molecule has 23 heavy (non-hydrogen) atoms. The van der Waals surface area contributed by atoms with Gasteiger partial charge in [0, 0.05) is 31.8 Å². The molecule has 0 aromatic heterocycles. The van der Waals surface area contributed by atoms with Gasteiger partial charge in [0.05, 0.1) is 10.4 Å². The molecule has 124 valence electrons. The molecular weight excluding hydrogens is 315 g/mol. The molecule has 1 aromatic carbocycles. The monoisotopic (exact) mass is 336 g/mol. The lowest BCUT2D eigenvalue weighted by Crippen LogP contribution is -2.53. The Hall–Kier alpha value is -1.56. The second-order valence-corrected chi connectivity index (χ2v) is 7.42. The number of benzene rings is 1. The summed E-state index contributed by atoms with van der Waals surface area (Å²) in [5.41, 5.74) is 0.140. The molecule has 1 aromatic rings. The molecule has 0 atom stereocenters. The summed E-state index contributed by atoms with van der Waals surface area (Å²) in [6, 6.07) is 6.15. The van der Waals surface area contributed by atoms with Crippen LogP contribution in [0.1, 0.15) is 36.5 Å². The van der Waals surface area contributed by atoms with Crippen molar-refractivity contribution in [3.63, 3.8) is 0 Å². The summed E-state index contributed by atoms with van der Waals surface area (Å²) in [7, 11) is 0. The fourth-order valence-corrected chi connectivity index (χ4v) is 4.87. The molecule has 4 nitrogen and oxygen atoms in total. The fourth-order valence-electron chi connectivity index (χ4n) is 3.42. The number of rotatable bonds is 2. The quantitative estimate of drug-likeness (QED) is 0.834. The second-order valence-electron chi connectivity index (χ2n) is 5.97. The number of carbonyl (C=O) groups is 2. The summed E-state index contributed by atoms with van der Waals surface area (Å²) < 4.78 is 14.0. The van der Waals surface area contributed by atoms with Crippen molar-refractivity contribution in [1.29, 1.82) is 0 Å². The van der Waals surface area contributed by atoms with Crippen LogP contribution in [0.3, 0.4) is 0 Å². The zero-order valence-electron chi connectivity index (χ0n) is 13.3. The lowest BCUT2D eigenvalue weighted by atomic mass is 10.0. The van der Waals surface area contributed by atoms with E-state index in [2.05, 4.69) is 0 Å². The third kappa shape index (κ3) is 2.96. The Morgan fingerprint density at radius 2 is 1.91 bits per heavy atom. The predicted octanol–water partition coefficient (Wildman–Crippen LogP) is 2.74. The number of halogens is 1. The number of hydrogen-bond donors (Lipinski definition) is 0. The summed E-state index contributed by atoms with van der Waals surface area (Å²) in [6.07, 6.45) is 2.02. The maximum absolute atomic E-state index is 14.0. The molecule has 0 N–H and O–H groups in total. The van der Waals surface area contributed by atoms with Crippen LogP contribution in [0.5, 0.6) is 0 Å². The van der Waals surface area contributed by atoms with E-state index in [9.17, 15) is 14.0 Å². The first kappa shape index (κ1) is 16.3. The van der Waals surface area contributed by atoms with E-state index < -0.39 is 5.82 Å². The van der Waals surface area contributed by atoms with Crippen LogP contribution in [0.25, 0.3) is 0 Å². The van der Waals surface area contributed by atoms with Crippen molar-refractivity contribution in [3.8, 4) is 0 Å². The highest BCUT2D eigenvalue weighted by Gasteiger charge is 2.47. The normalized spacial score (nSPS) is 20.1. The van der Waals surface area contributed by atoms with E-state index in [4.69, 9.17) is 0 Å². The molecule has 2 saturated heterocycles. The fraction of sp³-hybridized carbons (Fsp3) is 0.529. The highest BCUT2D eigenvalue weighted by atomic mass is 32.2. The lowest BCUT2D eigenvalue weighted by molar-refractivity contribution is -0.132. The Morgan fingerprint density at radius 1 is 1.22 bits per heavy atom. The molecule has 3 rings (SSSR count). The van der Waals surface area contributed by atoms with Gasteiger partial charge in [-0.1, -0.05) is 19.1 Å². The number of hydrogen-bond acceptors (Lipinski definition) is 3. The predicted molar refractivity (Wildman–Crippen MR) is 88.7 cm³/mol. The van der Waals surface area contributed by atoms with E-state index in [1.165, 1.54) is 6.07 Å². The van der Waals surface area contributed by atoms with Crippen LogP contribution in [-0.4, -0.2) is 51.9 Å². The van der Waals surface area contributed by atoms with Gasteiger partial charge in [-0.3, -0.25) is 9.59 Å². The van der Waals surface area contributed by atoms with Crippen molar-refractivity contribution in [2.45, 2.75) is 31.1 Å². The summed E-state index contributed by atoms with van der Waals surface area (Å²) >= 11 is 1.77. The van der Waals surface area contributed by atoms with Gasteiger partial charge in [0.2, 0.25) is 5.91 Å². The average molecular weight is 336 g/mol. The third-order valence-corrected chi connectivity index (χ3v) is 6.28. The second kappa shape index (κ2) is 6.51. The Morgan fingerprint density at radius 3 is 2.57 bits per heavy atom. The van der Waals surface area contributed by atoms with Crippen LogP contribution in [0.15, 0.2) is 24.3 Å². The van der Waals surface area contributed by atoms with Gasteiger partial charge in [-0.15, -0.1) is 11.8 Å². The molecular formula is C17H21FN2O2S. The molecule has 2 aliphatic heterocycles. The van der Waals surface area contributed by atoms with E-state index in [0.717, 1.165) is 18.6 Å². The molecule has 2 aliphatic rings. The Bertz CT molecular complexity index is 614. The summed E-state index contributed by atoms with van der Waals surface area (Å²) in [4.78, 5) is 28.1. The smallest absolute Gasteiger partial charge is 0.257 e. The first-order valence-corrected chi connectivity index (χ1v) is 9.04. The number of piperidine rings is 1. The van der Waals surface area contributed by atoms with E-state index in [1.54, 1.807) is 30.0 Å². The van der Waals surface area contributed by atoms with Gasteiger partial charge in [-0.25, -0.2) is 4.39 Å². The topological polar surface area (TPSA) is 40.6 Å². The minimum atomic E-state index is -0.469. The number of nitrogens with zero attached hydrogens (tertiary/aromatic N) is 2. The zero-order valence-corrected chi connectivity index (χ0v) is 14.1. The lowest BCUT2D eigenvalue weighted by Gasteiger charge is -2.44. The molecule has 0 radical (unpaired) electrons. The maximum Gasteiger partial charge on any atom is 0.257 e. The largest absolute Gasteiger partial charge is 0.342 e. The number of likely N-dealkylation sites (tertiary alicyclic amines) is 1. The van der Waals surface area contributed by atoms with Gasteiger partial charge >= 0.3 is 0 Å². The maximum atomic E-state index is 14.0. The van der Waals surface area contributed by atoms with Crippen molar-refractivity contribution in [3.05, 3.63) is 35.6 Å². The first-order valence-electron chi connectivity index (χ1n) is 8.05. The highest BCUT2D eigenvalue weighted by molar-refractivity contribution is 8.00. The van der Waals surface area contributed by atoms with E-state index in [-0.39, 0.29) is 22.2 Å². The summed E-state index contributed by atoms with van der Waals surface area (Å²) in [6.45, 7) is 3.84. The molecule has 0 bridgehead atoms. The van der Waals surface area contributed by atoms with Crippen molar-refractivity contribution in [2.75, 3.05) is 25.4 Å². The molecule has 0 unspecified atom stereocenters. The minimum Gasteiger partial charge on any atom is -0.342 e. The van der Waals surface area contributed by atoms with Gasteiger partial charge in [0.15, 0.2) is 0 Å². The number of carbonyl (C=O) groups excluding carboxylic acids is 2. The minimum absolute atomic E-state index is 0.140. The molecule has 2 amide bonds.